The maximum Gasteiger partial charge on any atom is 0.371 e. The second kappa shape index (κ2) is 7.58. The van der Waals surface area contributed by atoms with Gasteiger partial charge in [0.1, 0.15) is 6.04 Å². The summed E-state index contributed by atoms with van der Waals surface area (Å²) in [7, 11) is -4.05. The first-order valence-corrected chi connectivity index (χ1v) is 10.2. The Morgan fingerprint density at radius 2 is 2.21 bits per heavy atom. The van der Waals surface area contributed by atoms with Gasteiger partial charge in [0.05, 0.1) is 0 Å². The van der Waals surface area contributed by atoms with E-state index >= 15 is 0 Å². The van der Waals surface area contributed by atoms with Crippen molar-refractivity contribution in [1.82, 2.24) is 9.62 Å². The quantitative estimate of drug-likeness (QED) is 0.729. The van der Waals surface area contributed by atoms with Gasteiger partial charge < -0.3 is 14.8 Å². The number of hydrogen-bond acceptors (Lipinski definition) is 6. The van der Waals surface area contributed by atoms with Gasteiger partial charge in [-0.15, -0.1) is 0 Å². The smallest absolute Gasteiger partial charge is 0.371 e. The number of amides is 1. The Labute approximate surface area is 144 Å². The van der Waals surface area contributed by atoms with Gasteiger partial charge in [0.25, 0.3) is 10.0 Å². The van der Waals surface area contributed by atoms with Gasteiger partial charge >= 0.3 is 5.97 Å². The third-order valence-electron chi connectivity index (χ3n) is 3.83. The van der Waals surface area contributed by atoms with Gasteiger partial charge in [-0.1, -0.05) is 6.92 Å². The van der Waals surface area contributed by atoms with E-state index in [0.717, 1.165) is 16.4 Å². The number of rotatable bonds is 7. The van der Waals surface area contributed by atoms with E-state index in [0.29, 0.717) is 19.4 Å². The first-order valence-electron chi connectivity index (χ1n) is 7.43. The molecule has 1 amide bonds. The van der Waals surface area contributed by atoms with Crippen LogP contribution in [0, 0.1) is 0 Å². The average Bonchev–Trinajstić information content (AvgIpc) is 3.20. The van der Waals surface area contributed by atoms with Crippen LogP contribution >= 0.6 is 11.8 Å². The fraction of sp³-hybridized carbons (Fsp3) is 0.571. The molecule has 0 spiro atoms. The van der Waals surface area contributed by atoms with E-state index in [9.17, 15) is 18.0 Å². The molecule has 1 aliphatic rings. The van der Waals surface area contributed by atoms with Crippen molar-refractivity contribution in [1.29, 1.82) is 0 Å². The molecule has 0 aliphatic carbocycles. The Kier molecular flexibility index (Phi) is 5.94. The summed E-state index contributed by atoms with van der Waals surface area (Å²) < 4.78 is 31.3. The molecule has 0 saturated carbocycles. The summed E-state index contributed by atoms with van der Waals surface area (Å²) in [6, 6.07) is 1.38. The normalized spacial score (nSPS) is 20.0. The first kappa shape index (κ1) is 18.8. The summed E-state index contributed by atoms with van der Waals surface area (Å²) in [6.07, 6.45) is 2.91. The number of carboxylic acids is 1. The predicted molar refractivity (Wildman–Crippen MR) is 88.6 cm³/mol. The molecule has 2 atom stereocenters. The highest BCUT2D eigenvalue weighted by atomic mass is 32.2. The van der Waals surface area contributed by atoms with Crippen molar-refractivity contribution in [2.75, 3.05) is 19.3 Å². The molecule has 2 N–H and O–H groups in total. The molecule has 1 aliphatic heterocycles. The number of furan rings is 1. The topological polar surface area (TPSA) is 117 Å². The maximum absolute atomic E-state index is 12.6. The van der Waals surface area contributed by atoms with Gasteiger partial charge in [-0.2, -0.15) is 16.1 Å². The number of sulfonamides is 1. The second-order valence-corrected chi connectivity index (χ2v) is 8.59. The molecule has 2 rings (SSSR count). The van der Waals surface area contributed by atoms with Crippen LogP contribution in [0.3, 0.4) is 0 Å². The van der Waals surface area contributed by atoms with Crippen LogP contribution in [0.4, 0.5) is 0 Å². The van der Waals surface area contributed by atoms with Crippen LogP contribution in [0.1, 0.15) is 30.3 Å². The summed E-state index contributed by atoms with van der Waals surface area (Å²) in [5, 5.41) is 11.4. The van der Waals surface area contributed by atoms with E-state index in [1.807, 2.05) is 13.2 Å². The lowest BCUT2D eigenvalue weighted by molar-refractivity contribution is -0.124. The molecular weight excluding hydrogens is 356 g/mol. The number of hydrogen-bond donors (Lipinski definition) is 2. The number of nitrogens with zero attached hydrogens (tertiary/aromatic N) is 1. The summed E-state index contributed by atoms with van der Waals surface area (Å²) in [5.74, 6) is -2.15. The lowest BCUT2D eigenvalue weighted by Gasteiger charge is -2.22. The Bertz CT molecular complexity index is 715. The molecule has 2 unspecified atom stereocenters. The third-order valence-corrected chi connectivity index (χ3v) is 6.58. The Morgan fingerprint density at radius 1 is 1.50 bits per heavy atom. The van der Waals surface area contributed by atoms with Gasteiger partial charge in [0.2, 0.25) is 16.8 Å². The summed E-state index contributed by atoms with van der Waals surface area (Å²) >= 11 is 1.60. The average molecular weight is 376 g/mol. The molecule has 8 nitrogen and oxygen atoms in total. The largest absolute Gasteiger partial charge is 0.475 e. The molecule has 0 bridgehead atoms. The van der Waals surface area contributed by atoms with Gasteiger partial charge in [-0.25, -0.2) is 13.2 Å². The summed E-state index contributed by atoms with van der Waals surface area (Å²) in [4.78, 5) is 23.2. The highest BCUT2D eigenvalue weighted by molar-refractivity contribution is 7.99. The molecule has 24 heavy (non-hydrogen) atoms. The molecule has 1 aromatic heterocycles. The van der Waals surface area contributed by atoms with E-state index in [1.54, 1.807) is 11.8 Å². The lowest BCUT2D eigenvalue weighted by Crippen LogP contribution is -2.46. The minimum atomic E-state index is -4.05. The van der Waals surface area contributed by atoms with Gasteiger partial charge in [-0.05, 0) is 31.2 Å². The van der Waals surface area contributed by atoms with Crippen LogP contribution in [-0.2, 0) is 14.8 Å². The predicted octanol–water partition coefficient (Wildman–Crippen LogP) is 0.999. The Hall–Kier alpha value is -1.52. The van der Waals surface area contributed by atoms with E-state index in [4.69, 9.17) is 9.52 Å². The van der Waals surface area contributed by atoms with Crippen molar-refractivity contribution in [2.45, 2.75) is 36.1 Å². The Balaban J connectivity index is 2.15. The van der Waals surface area contributed by atoms with Crippen molar-refractivity contribution in [3.8, 4) is 0 Å². The molecule has 1 fully saturated rings. The highest BCUT2D eigenvalue weighted by Crippen LogP contribution is 2.27. The molecule has 2 heterocycles. The molecule has 10 heteroatoms. The number of nitrogens with one attached hydrogen (secondary N) is 1. The summed E-state index contributed by atoms with van der Waals surface area (Å²) in [6.45, 7) is 2.61. The molecule has 134 valence electrons. The van der Waals surface area contributed by atoms with Gasteiger partial charge in [-0.3, -0.25) is 4.79 Å². The minimum absolute atomic E-state index is 0.196. The minimum Gasteiger partial charge on any atom is -0.475 e. The van der Waals surface area contributed by atoms with E-state index in [-0.39, 0.29) is 17.7 Å². The van der Waals surface area contributed by atoms with E-state index < -0.39 is 32.9 Å². The zero-order valence-electron chi connectivity index (χ0n) is 13.4. The fourth-order valence-corrected chi connectivity index (χ4v) is 4.25. The molecular formula is C14H20N2O6S2. The fourth-order valence-electron chi connectivity index (χ4n) is 2.42. The number of carboxylic acid groups (broad SMARTS) is 1. The van der Waals surface area contributed by atoms with Crippen LogP contribution in [0.25, 0.3) is 0 Å². The van der Waals surface area contributed by atoms with Crippen LogP contribution in [0.2, 0.25) is 0 Å². The van der Waals surface area contributed by atoms with Crippen molar-refractivity contribution in [2.24, 2.45) is 0 Å². The zero-order chi connectivity index (χ0) is 17.9. The van der Waals surface area contributed by atoms with E-state index in [2.05, 4.69) is 5.32 Å². The maximum atomic E-state index is 12.6. The van der Waals surface area contributed by atoms with E-state index in [1.165, 1.54) is 0 Å². The zero-order valence-corrected chi connectivity index (χ0v) is 15.0. The van der Waals surface area contributed by atoms with Crippen molar-refractivity contribution in [3.63, 3.8) is 0 Å². The molecule has 1 aromatic rings. The number of carbonyl (C=O) groups is 2. The SMILES string of the molecule is CSC(C)CNC(=O)C1CCCN1S(=O)(=O)c1ccc(C(=O)O)o1. The monoisotopic (exact) mass is 376 g/mol. The van der Waals surface area contributed by atoms with Crippen molar-refractivity contribution in [3.05, 3.63) is 17.9 Å². The molecule has 0 aromatic carbocycles. The van der Waals surface area contributed by atoms with Crippen LogP contribution in [0.5, 0.6) is 0 Å². The Morgan fingerprint density at radius 3 is 2.79 bits per heavy atom. The van der Waals surface area contributed by atoms with Crippen LogP contribution < -0.4 is 5.32 Å². The number of thioether (sulfide) groups is 1. The third kappa shape index (κ3) is 3.93. The van der Waals surface area contributed by atoms with Crippen molar-refractivity contribution >= 4 is 33.7 Å². The molecule has 1 saturated heterocycles. The van der Waals surface area contributed by atoms with Gasteiger partial charge in [0, 0.05) is 18.3 Å². The second-order valence-electron chi connectivity index (χ2n) is 5.49. The van der Waals surface area contributed by atoms with Crippen molar-refractivity contribution < 1.29 is 27.5 Å². The standard InChI is InChI=1S/C14H20N2O6S2/c1-9(23-2)8-15-13(17)10-4-3-7-16(10)24(20,21)12-6-5-11(22-12)14(18)19/h5-6,9-10H,3-4,7-8H2,1-2H3,(H,15,17)(H,18,19). The number of aromatic carboxylic acids is 1. The number of carbonyl (C=O) groups excluding carboxylic acids is 1. The molecule has 0 radical (unpaired) electrons. The highest BCUT2D eigenvalue weighted by Gasteiger charge is 2.41. The van der Waals surface area contributed by atoms with Gasteiger partial charge in [0.15, 0.2) is 0 Å². The van der Waals surface area contributed by atoms with Crippen LogP contribution in [-0.4, -0.2) is 60.3 Å². The lowest BCUT2D eigenvalue weighted by atomic mass is 10.2. The summed E-state index contributed by atoms with van der Waals surface area (Å²) in [5.41, 5.74) is 0. The van der Waals surface area contributed by atoms with Crippen LogP contribution in [0.15, 0.2) is 21.6 Å². The first-order chi connectivity index (χ1) is 11.3.